The number of ether oxygens (including phenoxy) is 3. The minimum atomic E-state index is -0.532. The fourth-order valence-electron chi connectivity index (χ4n) is 2.75. The van der Waals surface area contributed by atoms with Gasteiger partial charge in [-0.2, -0.15) is 0 Å². The summed E-state index contributed by atoms with van der Waals surface area (Å²) in [4.78, 5) is 36.2. The van der Waals surface area contributed by atoms with Crippen LogP contribution >= 0.6 is 0 Å². The van der Waals surface area contributed by atoms with E-state index in [4.69, 9.17) is 9.47 Å². The van der Waals surface area contributed by atoms with Crippen molar-refractivity contribution in [3.8, 4) is 11.5 Å². The van der Waals surface area contributed by atoms with E-state index in [1.807, 2.05) is 6.07 Å². The molecule has 2 aromatic rings. The number of nitro groups is 1. The zero-order valence-electron chi connectivity index (χ0n) is 15.1. The highest BCUT2D eigenvalue weighted by Gasteiger charge is 2.20. The molecule has 0 saturated heterocycles. The Hall–Kier alpha value is -3.62. The maximum atomic E-state index is 12.9. The zero-order valence-corrected chi connectivity index (χ0v) is 15.1. The van der Waals surface area contributed by atoms with Crippen LogP contribution in [0, 0.1) is 10.1 Å². The Kier molecular flexibility index (Phi) is 5.73. The third-order valence-electron chi connectivity index (χ3n) is 4.24. The first kappa shape index (κ1) is 19.2. The van der Waals surface area contributed by atoms with Crippen LogP contribution in [0.3, 0.4) is 0 Å². The smallest absolute Gasteiger partial charge is 0.307 e. The van der Waals surface area contributed by atoms with Gasteiger partial charge in [-0.15, -0.1) is 0 Å². The van der Waals surface area contributed by atoms with Gasteiger partial charge in [0, 0.05) is 30.8 Å². The standard InChI is InChI=1S/C19H18N2O7/c1-26-18(22)8-9-20(11-13-2-7-16-17(10-13)28-12-27-16)19(23)14-3-5-15(6-4-14)21(24)25/h2-7,10H,8-9,11-12H2,1H3. The molecular weight excluding hydrogens is 368 g/mol. The monoisotopic (exact) mass is 386 g/mol. The number of amides is 1. The van der Waals surface area contributed by atoms with E-state index in [2.05, 4.69) is 4.74 Å². The van der Waals surface area contributed by atoms with E-state index in [1.54, 1.807) is 12.1 Å². The van der Waals surface area contributed by atoms with Crippen LogP contribution in [0.2, 0.25) is 0 Å². The number of benzene rings is 2. The lowest BCUT2D eigenvalue weighted by atomic mass is 10.1. The Morgan fingerprint density at radius 3 is 2.54 bits per heavy atom. The van der Waals surface area contributed by atoms with Crippen LogP contribution in [0.5, 0.6) is 11.5 Å². The number of esters is 1. The van der Waals surface area contributed by atoms with Gasteiger partial charge < -0.3 is 19.1 Å². The second kappa shape index (κ2) is 8.38. The number of methoxy groups -OCH3 is 1. The Balaban J connectivity index is 1.80. The van der Waals surface area contributed by atoms with Gasteiger partial charge in [0.05, 0.1) is 18.5 Å². The van der Waals surface area contributed by atoms with E-state index in [0.29, 0.717) is 11.5 Å². The molecule has 28 heavy (non-hydrogen) atoms. The molecule has 2 aromatic carbocycles. The molecule has 1 heterocycles. The molecule has 0 aliphatic carbocycles. The molecule has 0 N–H and O–H groups in total. The van der Waals surface area contributed by atoms with Crippen LogP contribution in [0.25, 0.3) is 0 Å². The summed E-state index contributed by atoms with van der Waals surface area (Å²) < 4.78 is 15.3. The number of fused-ring (bicyclic) bond motifs is 1. The number of nitrogens with zero attached hydrogens (tertiary/aromatic N) is 2. The number of hydrogen-bond acceptors (Lipinski definition) is 7. The summed E-state index contributed by atoms with van der Waals surface area (Å²) in [6.07, 6.45) is 0.0276. The van der Waals surface area contributed by atoms with Gasteiger partial charge in [0.25, 0.3) is 11.6 Å². The van der Waals surface area contributed by atoms with E-state index in [-0.39, 0.29) is 43.5 Å². The number of carbonyl (C=O) groups is 2. The fourth-order valence-corrected chi connectivity index (χ4v) is 2.75. The largest absolute Gasteiger partial charge is 0.469 e. The molecule has 0 radical (unpaired) electrons. The quantitative estimate of drug-likeness (QED) is 0.409. The summed E-state index contributed by atoms with van der Waals surface area (Å²) in [6, 6.07) is 10.7. The van der Waals surface area contributed by atoms with Gasteiger partial charge in [-0.3, -0.25) is 19.7 Å². The maximum absolute atomic E-state index is 12.9. The summed E-state index contributed by atoms with van der Waals surface area (Å²) in [5.41, 5.74) is 0.981. The van der Waals surface area contributed by atoms with E-state index in [9.17, 15) is 19.7 Å². The lowest BCUT2D eigenvalue weighted by molar-refractivity contribution is -0.384. The predicted octanol–water partition coefficient (Wildman–Crippen LogP) is 2.53. The molecule has 0 unspecified atom stereocenters. The summed E-state index contributed by atoms with van der Waals surface area (Å²) >= 11 is 0. The highest BCUT2D eigenvalue weighted by Crippen LogP contribution is 2.33. The van der Waals surface area contributed by atoms with Gasteiger partial charge >= 0.3 is 5.97 Å². The van der Waals surface area contributed by atoms with Gasteiger partial charge in [-0.05, 0) is 29.8 Å². The summed E-state index contributed by atoms with van der Waals surface area (Å²) in [7, 11) is 1.28. The third kappa shape index (κ3) is 4.37. The van der Waals surface area contributed by atoms with Gasteiger partial charge in [-0.1, -0.05) is 6.07 Å². The Morgan fingerprint density at radius 2 is 1.86 bits per heavy atom. The second-order valence-corrected chi connectivity index (χ2v) is 6.04. The first-order valence-electron chi connectivity index (χ1n) is 8.47. The third-order valence-corrected chi connectivity index (χ3v) is 4.24. The molecule has 0 bridgehead atoms. The maximum Gasteiger partial charge on any atom is 0.307 e. The summed E-state index contributed by atoms with van der Waals surface area (Å²) in [5, 5.41) is 10.8. The average molecular weight is 386 g/mol. The van der Waals surface area contributed by atoms with Gasteiger partial charge in [-0.25, -0.2) is 0 Å². The highest BCUT2D eigenvalue weighted by molar-refractivity contribution is 5.94. The van der Waals surface area contributed by atoms with Gasteiger partial charge in [0.2, 0.25) is 6.79 Å². The van der Waals surface area contributed by atoms with Gasteiger partial charge in [0.1, 0.15) is 0 Å². The molecule has 0 saturated carbocycles. The lowest BCUT2D eigenvalue weighted by Gasteiger charge is -2.22. The molecule has 1 amide bonds. The Morgan fingerprint density at radius 1 is 1.14 bits per heavy atom. The minimum absolute atomic E-state index is 0.0276. The number of hydrogen-bond donors (Lipinski definition) is 0. The van der Waals surface area contributed by atoms with Crippen molar-refractivity contribution in [1.82, 2.24) is 4.90 Å². The van der Waals surface area contributed by atoms with Crippen molar-refractivity contribution in [2.45, 2.75) is 13.0 Å². The Labute approximate surface area is 160 Å². The molecule has 1 aliphatic rings. The molecule has 0 aromatic heterocycles. The van der Waals surface area contributed by atoms with Crippen molar-refractivity contribution >= 4 is 17.6 Å². The molecule has 0 fully saturated rings. The summed E-state index contributed by atoms with van der Waals surface area (Å²) in [6.45, 7) is 0.507. The van der Waals surface area contributed by atoms with Crippen LogP contribution in [0.4, 0.5) is 5.69 Å². The molecule has 146 valence electrons. The van der Waals surface area contributed by atoms with E-state index < -0.39 is 10.9 Å². The number of rotatable bonds is 7. The van der Waals surface area contributed by atoms with Crippen molar-refractivity contribution in [2.75, 3.05) is 20.4 Å². The van der Waals surface area contributed by atoms with Crippen LogP contribution in [-0.4, -0.2) is 42.1 Å². The van der Waals surface area contributed by atoms with E-state index in [1.165, 1.54) is 36.3 Å². The Bertz CT molecular complexity index is 896. The molecule has 1 aliphatic heterocycles. The van der Waals surface area contributed by atoms with E-state index >= 15 is 0 Å². The molecule has 0 spiro atoms. The summed E-state index contributed by atoms with van der Waals surface area (Å²) in [5.74, 6) is 0.434. The molecule has 9 heteroatoms. The SMILES string of the molecule is COC(=O)CCN(Cc1ccc2c(c1)OCO2)C(=O)c1ccc([N+](=O)[O-])cc1. The first-order chi connectivity index (χ1) is 13.5. The highest BCUT2D eigenvalue weighted by atomic mass is 16.7. The van der Waals surface area contributed by atoms with Crippen molar-refractivity contribution in [3.05, 3.63) is 63.7 Å². The average Bonchev–Trinajstić information content (AvgIpc) is 3.18. The van der Waals surface area contributed by atoms with Crippen LogP contribution in [0.15, 0.2) is 42.5 Å². The zero-order chi connectivity index (χ0) is 20.1. The molecular formula is C19H18N2O7. The minimum Gasteiger partial charge on any atom is -0.469 e. The van der Waals surface area contributed by atoms with Gasteiger partial charge in [0.15, 0.2) is 11.5 Å². The molecule has 3 rings (SSSR count). The fraction of sp³-hybridized carbons (Fsp3) is 0.263. The van der Waals surface area contributed by atoms with E-state index in [0.717, 1.165) is 5.56 Å². The van der Waals surface area contributed by atoms with Crippen LogP contribution in [-0.2, 0) is 16.1 Å². The predicted molar refractivity (Wildman–Crippen MR) is 97.0 cm³/mol. The normalized spacial score (nSPS) is 11.8. The molecule has 9 nitrogen and oxygen atoms in total. The topological polar surface area (TPSA) is 108 Å². The van der Waals surface area contributed by atoms with Crippen LogP contribution in [0.1, 0.15) is 22.3 Å². The number of carbonyl (C=O) groups excluding carboxylic acids is 2. The number of non-ortho nitro benzene ring substituents is 1. The van der Waals surface area contributed by atoms with Crippen molar-refractivity contribution in [3.63, 3.8) is 0 Å². The second-order valence-electron chi connectivity index (χ2n) is 6.04. The molecule has 0 atom stereocenters. The van der Waals surface area contributed by atoms with Crippen molar-refractivity contribution in [1.29, 1.82) is 0 Å². The first-order valence-corrected chi connectivity index (χ1v) is 8.47. The lowest BCUT2D eigenvalue weighted by Crippen LogP contribution is -2.32. The van der Waals surface area contributed by atoms with Crippen LogP contribution < -0.4 is 9.47 Å². The van der Waals surface area contributed by atoms with Crippen molar-refractivity contribution in [2.24, 2.45) is 0 Å². The number of nitro benzene ring substituents is 1. The van der Waals surface area contributed by atoms with Crippen molar-refractivity contribution < 1.29 is 28.7 Å².